The van der Waals surface area contributed by atoms with Gasteiger partial charge in [-0.25, -0.2) is 0 Å². The van der Waals surface area contributed by atoms with E-state index < -0.39 is 0 Å². The lowest BCUT2D eigenvalue weighted by atomic mass is 10.1. The molecule has 4 heteroatoms. The predicted octanol–water partition coefficient (Wildman–Crippen LogP) is 2.15. The van der Waals surface area contributed by atoms with Gasteiger partial charge >= 0.3 is 0 Å². The van der Waals surface area contributed by atoms with Crippen molar-refractivity contribution in [1.82, 2.24) is 0 Å². The summed E-state index contributed by atoms with van der Waals surface area (Å²) >= 11 is 0. The number of benzene rings is 1. The van der Waals surface area contributed by atoms with Crippen LogP contribution in [0.2, 0.25) is 0 Å². The zero-order valence-electron chi connectivity index (χ0n) is 11.2. The van der Waals surface area contributed by atoms with Crippen LogP contribution in [0.3, 0.4) is 0 Å². The second-order valence-electron chi connectivity index (χ2n) is 4.41. The van der Waals surface area contributed by atoms with Crippen molar-refractivity contribution in [3.63, 3.8) is 0 Å². The number of epoxide rings is 1. The molecular formula is C15H20O4. The largest absolute Gasteiger partial charge is 0.370 e. The van der Waals surface area contributed by atoms with Crippen molar-refractivity contribution in [1.29, 1.82) is 0 Å². The second-order valence-corrected chi connectivity index (χ2v) is 4.41. The summed E-state index contributed by atoms with van der Waals surface area (Å²) < 4.78 is 21.7. The third-order valence-electron chi connectivity index (χ3n) is 2.95. The summed E-state index contributed by atoms with van der Waals surface area (Å²) in [5.41, 5.74) is 1.13. The lowest BCUT2D eigenvalue weighted by molar-refractivity contribution is -0.119. The first-order valence-electron chi connectivity index (χ1n) is 6.35. The van der Waals surface area contributed by atoms with E-state index in [1.165, 1.54) is 0 Å². The van der Waals surface area contributed by atoms with E-state index >= 15 is 0 Å². The molecule has 0 radical (unpaired) electrons. The fraction of sp³-hybridized carbons (Fsp3) is 0.467. The predicted molar refractivity (Wildman–Crippen MR) is 71.7 cm³/mol. The van der Waals surface area contributed by atoms with E-state index in [9.17, 15) is 0 Å². The Morgan fingerprint density at radius 1 is 1.37 bits per heavy atom. The molecule has 1 aromatic carbocycles. The SMILES string of the molecule is C=C[C@@H](OCOC)[C@H](OCc1ccccc1)[C@H]1CO1. The van der Waals surface area contributed by atoms with Crippen LogP contribution in [0.5, 0.6) is 0 Å². The van der Waals surface area contributed by atoms with Crippen LogP contribution in [0.15, 0.2) is 43.0 Å². The van der Waals surface area contributed by atoms with Crippen LogP contribution >= 0.6 is 0 Å². The molecule has 104 valence electrons. The van der Waals surface area contributed by atoms with Crippen molar-refractivity contribution >= 4 is 0 Å². The summed E-state index contributed by atoms with van der Waals surface area (Å²) in [7, 11) is 1.59. The van der Waals surface area contributed by atoms with Crippen LogP contribution in [-0.2, 0) is 25.6 Å². The summed E-state index contributed by atoms with van der Waals surface area (Å²) in [4.78, 5) is 0. The number of hydrogen-bond acceptors (Lipinski definition) is 4. The Bertz CT molecular complexity index is 375. The Balaban J connectivity index is 1.90. The molecule has 1 aliphatic heterocycles. The van der Waals surface area contributed by atoms with Gasteiger partial charge in [0, 0.05) is 7.11 Å². The van der Waals surface area contributed by atoms with Crippen LogP contribution < -0.4 is 0 Å². The highest BCUT2D eigenvalue weighted by atomic mass is 16.7. The fourth-order valence-electron chi connectivity index (χ4n) is 1.87. The van der Waals surface area contributed by atoms with Gasteiger partial charge in [-0.1, -0.05) is 36.4 Å². The van der Waals surface area contributed by atoms with Gasteiger partial charge in [-0.2, -0.15) is 0 Å². The molecule has 2 rings (SSSR count). The molecule has 1 aromatic rings. The topological polar surface area (TPSA) is 40.2 Å². The zero-order valence-corrected chi connectivity index (χ0v) is 11.2. The maximum atomic E-state index is 5.93. The summed E-state index contributed by atoms with van der Waals surface area (Å²) in [6.45, 7) is 5.24. The van der Waals surface area contributed by atoms with Gasteiger partial charge in [0.05, 0.1) is 13.2 Å². The number of rotatable bonds is 9. The van der Waals surface area contributed by atoms with E-state index in [1.807, 2.05) is 30.3 Å². The van der Waals surface area contributed by atoms with Gasteiger partial charge in [0.2, 0.25) is 0 Å². The van der Waals surface area contributed by atoms with E-state index in [1.54, 1.807) is 13.2 Å². The molecule has 0 aromatic heterocycles. The molecular weight excluding hydrogens is 244 g/mol. The molecule has 1 heterocycles. The van der Waals surface area contributed by atoms with E-state index in [-0.39, 0.29) is 25.1 Å². The van der Waals surface area contributed by atoms with E-state index in [0.717, 1.165) is 5.56 Å². The Hall–Kier alpha value is -1.20. The smallest absolute Gasteiger partial charge is 0.147 e. The fourth-order valence-corrected chi connectivity index (χ4v) is 1.87. The molecule has 0 unspecified atom stereocenters. The van der Waals surface area contributed by atoms with Crippen LogP contribution in [0.4, 0.5) is 0 Å². The normalized spacial score (nSPS) is 20.8. The van der Waals surface area contributed by atoms with E-state index in [2.05, 4.69) is 6.58 Å². The van der Waals surface area contributed by atoms with Gasteiger partial charge < -0.3 is 18.9 Å². The number of methoxy groups -OCH3 is 1. The Morgan fingerprint density at radius 3 is 2.68 bits per heavy atom. The van der Waals surface area contributed by atoms with Gasteiger partial charge in [0.15, 0.2) is 0 Å². The minimum atomic E-state index is -0.226. The monoisotopic (exact) mass is 264 g/mol. The van der Waals surface area contributed by atoms with Crippen molar-refractivity contribution < 1.29 is 18.9 Å². The van der Waals surface area contributed by atoms with Crippen molar-refractivity contribution in [3.8, 4) is 0 Å². The first-order valence-corrected chi connectivity index (χ1v) is 6.35. The average molecular weight is 264 g/mol. The summed E-state index contributed by atoms with van der Waals surface area (Å²) in [5, 5.41) is 0. The molecule has 1 fully saturated rings. The van der Waals surface area contributed by atoms with Crippen LogP contribution in [-0.4, -0.2) is 38.8 Å². The highest BCUT2D eigenvalue weighted by Crippen LogP contribution is 2.23. The molecule has 0 aliphatic carbocycles. The lowest BCUT2D eigenvalue weighted by Crippen LogP contribution is -2.35. The van der Waals surface area contributed by atoms with Gasteiger partial charge in [-0.3, -0.25) is 0 Å². The number of hydrogen-bond donors (Lipinski definition) is 0. The number of ether oxygens (including phenoxy) is 4. The first kappa shape index (κ1) is 14.2. The highest BCUT2D eigenvalue weighted by Gasteiger charge is 2.38. The molecule has 0 bridgehead atoms. The van der Waals surface area contributed by atoms with E-state index in [4.69, 9.17) is 18.9 Å². The Labute approximate surface area is 113 Å². The van der Waals surface area contributed by atoms with Crippen LogP contribution in [0.25, 0.3) is 0 Å². The summed E-state index contributed by atoms with van der Waals surface area (Å²) in [5.74, 6) is 0. The average Bonchev–Trinajstić information content (AvgIpc) is 3.28. The maximum Gasteiger partial charge on any atom is 0.147 e. The van der Waals surface area contributed by atoms with E-state index in [0.29, 0.717) is 13.2 Å². The Kier molecular flexibility index (Phi) is 5.54. The standard InChI is InChI=1S/C15H20O4/c1-3-13(19-11-16-2)15(14-10-17-14)18-9-12-7-5-4-6-8-12/h3-8,13-15H,1,9-11H2,2H3/t13-,14-,15+/m1/s1. The summed E-state index contributed by atoms with van der Waals surface area (Å²) in [6.07, 6.45) is 1.45. The molecule has 1 saturated heterocycles. The van der Waals surface area contributed by atoms with Gasteiger partial charge in [0.25, 0.3) is 0 Å². The van der Waals surface area contributed by atoms with Gasteiger partial charge in [0.1, 0.15) is 25.1 Å². The molecule has 0 N–H and O–H groups in total. The van der Waals surface area contributed by atoms with Crippen molar-refractivity contribution in [2.45, 2.75) is 24.9 Å². The molecule has 19 heavy (non-hydrogen) atoms. The van der Waals surface area contributed by atoms with Crippen molar-refractivity contribution in [2.75, 3.05) is 20.5 Å². The van der Waals surface area contributed by atoms with Gasteiger partial charge in [-0.15, -0.1) is 6.58 Å². The minimum absolute atomic E-state index is 0.0866. The molecule has 0 saturated carbocycles. The van der Waals surface area contributed by atoms with Crippen molar-refractivity contribution in [2.24, 2.45) is 0 Å². The third kappa shape index (κ3) is 4.44. The highest BCUT2D eigenvalue weighted by molar-refractivity contribution is 5.13. The minimum Gasteiger partial charge on any atom is -0.370 e. The molecule has 4 nitrogen and oxygen atoms in total. The molecule has 0 spiro atoms. The zero-order chi connectivity index (χ0) is 13.5. The van der Waals surface area contributed by atoms with Crippen LogP contribution in [0, 0.1) is 0 Å². The molecule has 1 aliphatic rings. The lowest BCUT2D eigenvalue weighted by Gasteiger charge is -2.23. The maximum absolute atomic E-state index is 5.93. The Morgan fingerprint density at radius 2 is 2.11 bits per heavy atom. The third-order valence-corrected chi connectivity index (χ3v) is 2.95. The van der Waals surface area contributed by atoms with Gasteiger partial charge in [-0.05, 0) is 5.56 Å². The van der Waals surface area contributed by atoms with Crippen LogP contribution in [0.1, 0.15) is 5.56 Å². The van der Waals surface area contributed by atoms with Crippen molar-refractivity contribution in [3.05, 3.63) is 48.6 Å². The summed E-state index contributed by atoms with van der Waals surface area (Å²) in [6, 6.07) is 10.0. The molecule has 3 atom stereocenters. The quantitative estimate of drug-likeness (QED) is 0.389. The second kappa shape index (κ2) is 7.40. The molecule has 0 amide bonds. The first-order chi connectivity index (χ1) is 9.35.